The smallest absolute Gasteiger partial charge is 0.262 e. The molecule has 0 aliphatic carbocycles. The van der Waals surface area contributed by atoms with Gasteiger partial charge in [0.15, 0.2) is 0 Å². The van der Waals surface area contributed by atoms with E-state index in [-0.39, 0.29) is 12.0 Å². The Labute approximate surface area is 121 Å². The van der Waals surface area contributed by atoms with Gasteiger partial charge in [-0.2, -0.15) is 5.10 Å². The van der Waals surface area contributed by atoms with Crippen LogP contribution in [0.15, 0.2) is 12.4 Å². The van der Waals surface area contributed by atoms with Gasteiger partial charge in [-0.15, -0.1) is 0 Å². The highest BCUT2D eigenvalue weighted by Crippen LogP contribution is 2.28. The number of aromatic nitrogens is 2. The number of nitrogens with zero attached hydrogens (tertiary/aromatic N) is 3. The minimum Gasteiger partial charge on any atom is -0.370 e. The standard InChI is InChI=1S/C13H18F2N4O2/c1-18-6-9(5-17-18)11-7-19(2-3-21-11)12(20)10-4-13(14,15)8-16-10/h5-6,10-11,16H,2-4,7-8H2,1H3. The first kappa shape index (κ1) is 14.4. The molecule has 1 aromatic rings. The maximum absolute atomic E-state index is 13.2. The maximum Gasteiger partial charge on any atom is 0.262 e. The van der Waals surface area contributed by atoms with Crippen LogP contribution in [0, 0.1) is 0 Å². The van der Waals surface area contributed by atoms with Gasteiger partial charge in [0, 0.05) is 31.8 Å². The highest BCUT2D eigenvalue weighted by atomic mass is 19.3. The highest BCUT2D eigenvalue weighted by molar-refractivity contribution is 5.82. The number of amides is 1. The van der Waals surface area contributed by atoms with E-state index in [4.69, 9.17) is 4.74 Å². The van der Waals surface area contributed by atoms with E-state index in [0.717, 1.165) is 5.56 Å². The lowest BCUT2D eigenvalue weighted by Gasteiger charge is -2.34. The first-order valence-corrected chi connectivity index (χ1v) is 6.95. The van der Waals surface area contributed by atoms with E-state index in [1.54, 1.807) is 22.8 Å². The number of hydrogen-bond acceptors (Lipinski definition) is 4. The summed E-state index contributed by atoms with van der Waals surface area (Å²) in [5.74, 6) is -3.07. The lowest BCUT2D eigenvalue weighted by molar-refractivity contribution is -0.141. The first-order valence-electron chi connectivity index (χ1n) is 6.95. The van der Waals surface area contributed by atoms with Crippen molar-refractivity contribution in [1.82, 2.24) is 20.0 Å². The molecule has 1 aromatic heterocycles. The number of carbonyl (C=O) groups excluding carboxylic acids is 1. The van der Waals surface area contributed by atoms with E-state index in [1.165, 1.54) is 0 Å². The molecule has 116 valence electrons. The van der Waals surface area contributed by atoms with E-state index in [9.17, 15) is 13.6 Å². The topological polar surface area (TPSA) is 59.4 Å². The summed E-state index contributed by atoms with van der Waals surface area (Å²) < 4.78 is 33.7. The predicted molar refractivity (Wildman–Crippen MR) is 69.8 cm³/mol. The Morgan fingerprint density at radius 1 is 1.57 bits per heavy atom. The zero-order valence-corrected chi connectivity index (χ0v) is 11.8. The monoisotopic (exact) mass is 300 g/mol. The molecule has 6 nitrogen and oxygen atoms in total. The molecule has 21 heavy (non-hydrogen) atoms. The number of morpholine rings is 1. The normalized spacial score (nSPS) is 28.8. The zero-order chi connectivity index (χ0) is 15.0. The van der Waals surface area contributed by atoms with Gasteiger partial charge >= 0.3 is 0 Å². The highest BCUT2D eigenvalue weighted by Gasteiger charge is 2.44. The van der Waals surface area contributed by atoms with Gasteiger partial charge in [-0.1, -0.05) is 0 Å². The van der Waals surface area contributed by atoms with Crippen molar-refractivity contribution in [3.05, 3.63) is 18.0 Å². The summed E-state index contributed by atoms with van der Waals surface area (Å²) in [5.41, 5.74) is 0.889. The number of hydrogen-bond donors (Lipinski definition) is 1. The Balaban J connectivity index is 1.64. The zero-order valence-electron chi connectivity index (χ0n) is 11.8. The Bertz CT molecular complexity index is 534. The van der Waals surface area contributed by atoms with E-state index in [2.05, 4.69) is 10.4 Å². The predicted octanol–water partition coefficient (Wildman–Crippen LogP) is 0.317. The second-order valence-corrected chi connectivity index (χ2v) is 5.58. The van der Waals surface area contributed by atoms with Gasteiger partial charge in [-0.3, -0.25) is 14.8 Å². The van der Waals surface area contributed by atoms with Crippen LogP contribution in [0.25, 0.3) is 0 Å². The van der Waals surface area contributed by atoms with Crippen molar-refractivity contribution in [2.75, 3.05) is 26.2 Å². The number of halogens is 2. The van der Waals surface area contributed by atoms with Crippen molar-refractivity contribution < 1.29 is 18.3 Å². The van der Waals surface area contributed by atoms with Crippen LogP contribution in [0.1, 0.15) is 18.1 Å². The maximum atomic E-state index is 13.2. The van der Waals surface area contributed by atoms with Gasteiger partial charge in [0.2, 0.25) is 5.91 Å². The fraction of sp³-hybridized carbons (Fsp3) is 0.692. The van der Waals surface area contributed by atoms with E-state index < -0.39 is 24.9 Å². The van der Waals surface area contributed by atoms with Crippen LogP contribution in [0.3, 0.4) is 0 Å². The van der Waals surface area contributed by atoms with Crippen LogP contribution in [0.2, 0.25) is 0 Å². The van der Waals surface area contributed by atoms with E-state index in [0.29, 0.717) is 19.7 Å². The summed E-state index contributed by atoms with van der Waals surface area (Å²) in [6, 6.07) is -0.798. The number of nitrogens with one attached hydrogen (secondary N) is 1. The Morgan fingerprint density at radius 2 is 2.38 bits per heavy atom. The van der Waals surface area contributed by atoms with Crippen molar-refractivity contribution in [1.29, 1.82) is 0 Å². The lowest BCUT2D eigenvalue weighted by atomic mass is 10.1. The third-order valence-corrected chi connectivity index (χ3v) is 3.88. The van der Waals surface area contributed by atoms with Gasteiger partial charge in [0.25, 0.3) is 5.92 Å². The molecule has 0 bridgehead atoms. The molecule has 2 aliphatic heterocycles. The molecule has 8 heteroatoms. The van der Waals surface area contributed by atoms with Crippen molar-refractivity contribution in [2.45, 2.75) is 24.5 Å². The molecule has 0 radical (unpaired) electrons. The third kappa shape index (κ3) is 3.06. The molecule has 3 heterocycles. The summed E-state index contributed by atoms with van der Waals surface area (Å²) in [6.45, 7) is 0.766. The summed E-state index contributed by atoms with van der Waals surface area (Å²) in [5, 5.41) is 6.68. The van der Waals surface area contributed by atoms with E-state index in [1.807, 2.05) is 6.20 Å². The molecule has 2 atom stereocenters. The average Bonchev–Trinajstić information content (AvgIpc) is 3.04. The molecule has 0 aromatic carbocycles. The van der Waals surface area contributed by atoms with Gasteiger partial charge in [-0.25, -0.2) is 8.78 Å². The Morgan fingerprint density at radius 3 is 3.00 bits per heavy atom. The minimum absolute atomic E-state index is 0.252. The molecule has 2 fully saturated rings. The number of rotatable bonds is 2. The second kappa shape index (κ2) is 5.34. The van der Waals surface area contributed by atoms with Crippen LogP contribution in [-0.2, 0) is 16.6 Å². The average molecular weight is 300 g/mol. The van der Waals surface area contributed by atoms with Crippen molar-refractivity contribution >= 4 is 5.91 Å². The second-order valence-electron chi connectivity index (χ2n) is 5.58. The fourth-order valence-electron chi connectivity index (χ4n) is 2.77. The van der Waals surface area contributed by atoms with Gasteiger partial charge in [-0.05, 0) is 0 Å². The van der Waals surface area contributed by atoms with Crippen LogP contribution in [0.5, 0.6) is 0 Å². The number of aryl methyl sites for hydroxylation is 1. The SMILES string of the molecule is Cn1cc(C2CN(C(=O)C3CC(F)(F)CN3)CCO2)cn1. The molecule has 1 N–H and O–H groups in total. The first-order chi connectivity index (χ1) is 9.94. The summed E-state index contributed by atoms with van der Waals surface area (Å²) >= 11 is 0. The third-order valence-electron chi connectivity index (χ3n) is 3.88. The molecule has 2 unspecified atom stereocenters. The summed E-state index contributed by atoms with van der Waals surface area (Å²) in [7, 11) is 1.81. The molecule has 2 aliphatic rings. The quantitative estimate of drug-likeness (QED) is 0.854. The summed E-state index contributed by atoms with van der Waals surface area (Å²) in [6.07, 6.45) is 2.85. The fourth-order valence-corrected chi connectivity index (χ4v) is 2.77. The van der Waals surface area contributed by atoms with E-state index >= 15 is 0 Å². The van der Waals surface area contributed by atoms with Gasteiger partial charge < -0.3 is 9.64 Å². The van der Waals surface area contributed by atoms with Crippen molar-refractivity contribution in [3.8, 4) is 0 Å². The van der Waals surface area contributed by atoms with Crippen LogP contribution in [0.4, 0.5) is 8.78 Å². The van der Waals surface area contributed by atoms with Gasteiger partial charge in [0.1, 0.15) is 6.10 Å². The van der Waals surface area contributed by atoms with Crippen molar-refractivity contribution in [2.24, 2.45) is 7.05 Å². The molecular weight excluding hydrogens is 282 g/mol. The van der Waals surface area contributed by atoms with Crippen molar-refractivity contribution in [3.63, 3.8) is 0 Å². The van der Waals surface area contributed by atoms with Crippen LogP contribution < -0.4 is 5.32 Å². The van der Waals surface area contributed by atoms with Crippen LogP contribution >= 0.6 is 0 Å². The number of ether oxygens (including phenoxy) is 1. The minimum atomic E-state index is -2.80. The number of carbonyl (C=O) groups is 1. The lowest BCUT2D eigenvalue weighted by Crippen LogP contribution is -2.49. The molecule has 0 saturated carbocycles. The Kier molecular flexibility index (Phi) is 3.66. The molecular formula is C13H18F2N4O2. The molecule has 3 rings (SSSR count). The van der Waals surface area contributed by atoms with Crippen LogP contribution in [-0.4, -0.2) is 58.8 Å². The molecule has 0 spiro atoms. The van der Waals surface area contributed by atoms with Gasteiger partial charge in [0.05, 0.1) is 31.9 Å². The summed E-state index contributed by atoms with van der Waals surface area (Å²) in [4.78, 5) is 13.9. The molecule has 2 saturated heterocycles. The number of alkyl halides is 2. The largest absolute Gasteiger partial charge is 0.370 e. The Hall–Kier alpha value is -1.54. The molecule has 1 amide bonds.